The molecule has 3 rings (SSSR count). The number of rotatable bonds is 9. The van der Waals surface area contributed by atoms with Gasteiger partial charge in [-0.2, -0.15) is 0 Å². The second kappa shape index (κ2) is 11.8. The van der Waals surface area contributed by atoms with Gasteiger partial charge in [0.2, 0.25) is 11.8 Å². The Morgan fingerprint density at radius 2 is 1.43 bits per heavy atom. The highest BCUT2D eigenvalue weighted by molar-refractivity contribution is 5.88. The Kier molecular flexibility index (Phi) is 8.86. The van der Waals surface area contributed by atoms with Crippen LogP contribution in [0.5, 0.6) is 0 Å². The minimum absolute atomic E-state index is 0.0185. The summed E-state index contributed by atoms with van der Waals surface area (Å²) in [7, 11) is 1.63. The molecule has 4 nitrogen and oxygen atoms in total. The molecule has 3 aromatic carbocycles. The Labute approximate surface area is 210 Å². The van der Waals surface area contributed by atoms with Gasteiger partial charge in [-0.15, -0.1) is 0 Å². The predicted octanol–water partition coefficient (Wildman–Crippen LogP) is 5.61. The zero-order valence-electron chi connectivity index (χ0n) is 21.7. The number of benzene rings is 3. The molecule has 0 spiro atoms. The number of nitrogens with one attached hydrogen (secondary N) is 1. The van der Waals surface area contributed by atoms with Crippen molar-refractivity contribution in [1.82, 2.24) is 10.2 Å². The van der Waals surface area contributed by atoms with Crippen LogP contribution in [0.4, 0.5) is 0 Å². The summed E-state index contributed by atoms with van der Waals surface area (Å²) in [6, 6.07) is 26.0. The highest BCUT2D eigenvalue weighted by Crippen LogP contribution is 2.23. The fraction of sp³-hybridized carbons (Fsp3) is 0.355. The average molecular weight is 471 g/mol. The SMILES string of the molecule is CNC(=O)[C@H](Cc1ccccc1)N(Cc1ccc(C)cc1)C(=O)CCc1ccc(C(C)(C)C)cc1. The lowest BCUT2D eigenvalue weighted by atomic mass is 9.86. The molecular formula is C31H38N2O2. The Morgan fingerprint density at radius 3 is 2.00 bits per heavy atom. The zero-order valence-corrected chi connectivity index (χ0v) is 21.7. The summed E-state index contributed by atoms with van der Waals surface area (Å²) in [5, 5.41) is 2.78. The quantitative estimate of drug-likeness (QED) is 0.442. The summed E-state index contributed by atoms with van der Waals surface area (Å²) in [6.45, 7) is 9.02. The third-order valence-electron chi connectivity index (χ3n) is 6.44. The van der Waals surface area contributed by atoms with Gasteiger partial charge in [-0.25, -0.2) is 0 Å². The van der Waals surface area contributed by atoms with Gasteiger partial charge < -0.3 is 10.2 Å². The van der Waals surface area contributed by atoms with Gasteiger partial charge in [0.15, 0.2) is 0 Å². The summed E-state index contributed by atoms with van der Waals surface area (Å²) in [6.07, 6.45) is 1.46. The van der Waals surface area contributed by atoms with E-state index in [-0.39, 0.29) is 17.2 Å². The van der Waals surface area contributed by atoms with Gasteiger partial charge in [-0.05, 0) is 41.0 Å². The van der Waals surface area contributed by atoms with Crippen LogP contribution in [0.15, 0.2) is 78.9 Å². The maximum Gasteiger partial charge on any atom is 0.242 e. The van der Waals surface area contributed by atoms with Crippen LogP contribution in [0.25, 0.3) is 0 Å². The molecule has 0 saturated carbocycles. The van der Waals surface area contributed by atoms with Crippen molar-refractivity contribution in [3.8, 4) is 0 Å². The molecule has 0 radical (unpaired) electrons. The van der Waals surface area contributed by atoms with E-state index in [1.807, 2.05) is 61.5 Å². The number of likely N-dealkylation sites (N-methyl/N-ethyl adjacent to an activating group) is 1. The molecule has 0 aromatic heterocycles. The topological polar surface area (TPSA) is 49.4 Å². The smallest absolute Gasteiger partial charge is 0.242 e. The lowest BCUT2D eigenvalue weighted by Crippen LogP contribution is -2.49. The molecule has 2 amide bonds. The Balaban J connectivity index is 1.83. The average Bonchev–Trinajstić information content (AvgIpc) is 2.85. The van der Waals surface area contributed by atoms with Crippen molar-refractivity contribution >= 4 is 11.8 Å². The number of hydrogen-bond acceptors (Lipinski definition) is 2. The molecule has 0 aliphatic rings. The first-order valence-corrected chi connectivity index (χ1v) is 12.4. The van der Waals surface area contributed by atoms with Crippen LogP contribution in [0, 0.1) is 6.92 Å². The van der Waals surface area contributed by atoms with Crippen molar-refractivity contribution in [1.29, 1.82) is 0 Å². The minimum Gasteiger partial charge on any atom is -0.357 e. The Morgan fingerprint density at radius 1 is 0.829 bits per heavy atom. The summed E-state index contributed by atoms with van der Waals surface area (Å²) >= 11 is 0. The van der Waals surface area contributed by atoms with E-state index in [9.17, 15) is 9.59 Å². The number of carbonyl (C=O) groups is 2. The lowest BCUT2D eigenvalue weighted by Gasteiger charge is -2.31. The third-order valence-corrected chi connectivity index (χ3v) is 6.44. The Hall–Kier alpha value is -3.40. The number of amides is 2. The molecule has 0 aliphatic carbocycles. The first kappa shape index (κ1) is 26.2. The van der Waals surface area contributed by atoms with Crippen LogP contribution in [0.2, 0.25) is 0 Å². The third kappa shape index (κ3) is 7.54. The minimum atomic E-state index is -0.584. The molecule has 35 heavy (non-hydrogen) atoms. The van der Waals surface area contributed by atoms with Crippen LogP contribution in [-0.2, 0) is 34.4 Å². The summed E-state index contributed by atoms with van der Waals surface area (Å²) in [4.78, 5) is 28.4. The molecule has 184 valence electrons. The van der Waals surface area contributed by atoms with Crippen molar-refractivity contribution < 1.29 is 9.59 Å². The van der Waals surface area contributed by atoms with Gasteiger partial charge in [0, 0.05) is 26.4 Å². The zero-order chi connectivity index (χ0) is 25.4. The van der Waals surface area contributed by atoms with Crippen LogP contribution in [0.3, 0.4) is 0 Å². The molecule has 1 atom stereocenters. The standard InChI is InChI=1S/C31H38N2O2/c1-23-11-13-26(14-12-23)22-33(28(30(35)32-5)21-25-9-7-6-8-10-25)29(34)20-17-24-15-18-27(19-16-24)31(2,3)4/h6-16,18-19,28H,17,20-22H2,1-5H3,(H,32,35)/t28-/m0/s1. The molecule has 1 N–H and O–H groups in total. The van der Waals surface area contributed by atoms with E-state index in [4.69, 9.17) is 0 Å². The molecule has 0 unspecified atom stereocenters. The fourth-order valence-corrected chi connectivity index (χ4v) is 4.18. The number of hydrogen-bond donors (Lipinski definition) is 1. The summed E-state index contributed by atoms with van der Waals surface area (Å²) in [5.74, 6) is -0.168. The van der Waals surface area contributed by atoms with Gasteiger partial charge >= 0.3 is 0 Å². The first-order chi connectivity index (χ1) is 16.7. The highest BCUT2D eigenvalue weighted by atomic mass is 16.2. The number of carbonyl (C=O) groups excluding carboxylic acids is 2. The molecular weight excluding hydrogens is 432 g/mol. The van der Waals surface area contributed by atoms with E-state index >= 15 is 0 Å². The second-order valence-corrected chi connectivity index (χ2v) is 10.3. The Bertz CT molecular complexity index is 1100. The van der Waals surface area contributed by atoms with E-state index in [1.54, 1.807) is 11.9 Å². The number of nitrogens with zero attached hydrogens (tertiary/aromatic N) is 1. The van der Waals surface area contributed by atoms with Crippen LogP contribution in [-0.4, -0.2) is 29.8 Å². The monoisotopic (exact) mass is 470 g/mol. The fourth-order valence-electron chi connectivity index (χ4n) is 4.18. The van der Waals surface area contributed by atoms with Crippen molar-refractivity contribution in [2.45, 2.75) is 65.0 Å². The first-order valence-electron chi connectivity index (χ1n) is 12.4. The van der Waals surface area contributed by atoms with Gasteiger partial charge in [-0.1, -0.05) is 105 Å². The number of aryl methyl sites for hydroxylation is 2. The van der Waals surface area contributed by atoms with Gasteiger partial charge in [0.25, 0.3) is 0 Å². The van der Waals surface area contributed by atoms with Crippen molar-refractivity contribution in [3.63, 3.8) is 0 Å². The predicted molar refractivity (Wildman–Crippen MR) is 143 cm³/mol. The van der Waals surface area contributed by atoms with Gasteiger partial charge in [-0.3, -0.25) is 9.59 Å². The lowest BCUT2D eigenvalue weighted by molar-refractivity contribution is -0.141. The van der Waals surface area contributed by atoms with E-state index in [0.717, 1.165) is 22.3 Å². The largest absolute Gasteiger partial charge is 0.357 e. The molecule has 3 aromatic rings. The van der Waals surface area contributed by atoms with Crippen molar-refractivity contribution in [2.75, 3.05) is 7.05 Å². The summed E-state index contributed by atoms with van der Waals surface area (Å²) < 4.78 is 0. The maximum absolute atomic E-state index is 13.6. The molecule has 0 heterocycles. The second-order valence-electron chi connectivity index (χ2n) is 10.3. The van der Waals surface area contributed by atoms with Crippen LogP contribution >= 0.6 is 0 Å². The van der Waals surface area contributed by atoms with E-state index in [1.165, 1.54) is 5.56 Å². The highest BCUT2D eigenvalue weighted by Gasteiger charge is 2.29. The van der Waals surface area contributed by atoms with Crippen LogP contribution in [0.1, 0.15) is 55.0 Å². The van der Waals surface area contributed by atoms with Crippen LogP contribution < -0.4 is 5.32 Å². The van der Waals surface area contributed by atoms with Gasteiger partial charge in [0.1, 0.15) is 6.04 Å². The molecule has 4 heteroatoms. The molecule has 0 saturated heterocycles. The molecule has 0 aliphatic heterocycles. The van der Waals surface area contributed by atoms with E-state index in [0.29, 0.717) is 25.8 Å². The molecule has 0 bridgehead atoms. The van der Waals surface area contributed by atoms with Gasteiger partial charge in [0.05, 0.1) is 0 Å². The summed E-state index contributed by atoms with van der Waals surface area (Å²) in [5.41, 5.74) is 5.70. The van der Waals surface area contributed by atoms with E-state index < -0.39 is 6.04 Å². The van der Waals surface area contributed by atoms with Crippen molar-refractivity contribution in [2.24, 2.45) is 0 Å². The van der Waals surface area contributed by atoms with Crippen molar-refractivity contribution in [3.05, 3.63) is 107 Å². The normalized spacial score (nSPS) is 12.1. The van der Waals surface area contributed by atoms with E-state index in [2.05, 4.69) is 50.4 Å². The molecule has 0 fully saturated rings. The maximum atomic E-state index is 13.6.